The summed E-state index contributed by atoms with van der Waals surface area (Å²) in [4.78, 5) is 10.9. The zero-order valence-electron chi connectivity index (χ0n) is 6.10. The predicted molar refractivity (Wildman–Crippen MR) is 52.4 cm³/mol. The minimum atomic E-state index is -0.354. The second kappa shape index (κ2) is 3.21. The van der Waals surface area contributed by atoms with Crippen LogP contribution in [0.5, 0.6) is 0 Å². The van der Waals surface area contributed by atoms with Gasteiger partial charge in [-0.1, -0.05) is 12.1 Å². The molecule has 0 saturated carbocycles. The van der Waals surface area contributed by atoms with E-state index in [4.69, 9.17) is 5.73 Å². The highest BCUT2D eigenvalue weighted by atomic mass is 127. The third kappa shape index (κ3) is 1.71. The molecule has 1 rings (SSSR count). The minimum absolute atomic E-state index is 0.354. The molecule has 0 aliphatic heterocycles. The Morgan fingerprint density at radius 2 is 2.18 bits per heavy atom. The molecule has 0 spiro atoms. The van der Waals surface area contributed by atoms with Gasteiger partial charge in [0, 0.05) is 3.57 Å². The number of rotatable bonds is 1. The van der Waals surface area contributed by atoms with Crippen molar-refractivity contribution in [3.63, 3.8) is 0 Å². The Morgan fingerprint density at radius 1 is 1.55 bits per heavy atom. The molecule has 11 heavy (non-hydrogen) atoms. The van der Waals surface area contributed by atoms with Crippen molar-refractivity contribution in [2.75, 3.05) is 0 Å². The smallest absolute Gasteiger partial charge is 0.250 e. The lowest BCUT2D eigenvalue weighted by atomic mass is 10.1. The van der Waals surface area contributed by atoms with Crippen LogP contribution in [0.2, 0.25) is 0 Å². The molecule has 0 bridgehead atoms. The number of hydrogen-bond donors (Lipinski definition) is 1. The van der Waals surface area contributed by atoms with Crippen molar-refractivity contribution in [2.24, 2.45) is 5.73 Å². The van der Waals surface area contributed by atoms with Gasteiger partial charge in [0.15, 0.2) is 0 Å². The van der Waals surface area contributed by atoms with E-state index in [9.17, 15) is 4.79 Å². The molecule has 0 fully saturated rings. The first-order valence-electron chi connectivity index (χ1n) is 3.18. The molecule has 3 heteroatoms. The van der Waals surface area contributed by atoms with Crippen LogP contribution in [0.3, 0.4) is 0 Å². The number of aryl methyl sites for hydroxylation is 1. The lowest BCUT2D eigenvalue weighted by Crippen LogP contribution is -2.14. The van der Waals surface area contributed by atoms with Crippen LogP contribution in [-0.4, -0.2) is 5.91 Å². The molecule has 0 atom stereocenters. The first kappa shape index (κ1) is 8.52. The molecule has 0 radical (unpaired) electrons. The molecule has 1 amide bonds. The van der Waals surface area contributed by atoms with E-state index in [1.807, 2.05) is 25.1 Å². The van der Waals surface area contributed by atoms with Gasteiger partial charge in [-0.3, -0.25) is 4.79 Å². The Bertz CT molecular complexity index is 276. The van der Waals surface area contributed by atoms with Crippen molar-refractivity contribution in [3.8, 4) is 0 Å². The number of nitrogens with two attached hydrogens (primary N) is 1. The summed E-state index contributed by atoms with van der Waals surface area (Å²) >= 11 is 2.10. The van der Waals surface area contributed by atoms with Crippen molar-refractivity contribution < 1.29 is 4.79 Å². The van der Waals surface area contributed by atoms with Gasteiger partial charge in [0.05, 0.1) is 5.56 Å². The fourth-order valence-electron chi connectivity index (χ4n) is 0.944. The molecule has 0 unspecified atom stereocenters. The van der Waals surface area contributed by atoms with Crippen LogP contribution >= 0.6 is 22.6 Å². The fraction of sp³-hybridized carbons (Fsp3) is 0.125. The Balaban J connectivity index is 3.32. The summed E-state index contributed by atoms with van der Waals surface area (Å²) in [5, 5.41) is 0. The zero-order valence-corrected chi connectivity index (χ0v) is 8.25. The molecule has 0 saturated heterocycles. The van der Waals surface area contributed by atoms with Crippen molar-refractivity contribution in [3.05, 3.63) is 32.9 Å². The zero-order chi connectivity index (χ0) is 8.43. The molecule has 2 nitrogen and oxygen atoms in total. The largest absolute Gasteiger partial charge is 0.366 e. The maximum atomic E-state index is 10.9. The molecule has 0 aliphatic carbocycles. The highest BCUT2D eigenvalue weighted by molar-refractivity contribution is 14.1. The van der Waals surface area contributed by atoms with Crippen LogP contribution in [0.15, 0.2) is 18.2 Å². The summed E-state index contributed by atoms with van der Waals surface area (Å²) in [6, 6.07) is 5.65. The van der Waals surface area contributed by atoms with Crippen LogP contribution in [0.4, 0.5) is 0 Å². The van der Waals surface area contributed by atoms with Gasteiger partial charge in [0.25, 0.3) is 0 Å². The molecular formula is C8H8INO. The van der Waals surface area contributed by atoms with Crippen molar-refractivity contribution >= 4 is 28.5 Å². The number of carbonyl (C=O) groups excluding carboxylic acids is 1. The van der Waals surface area contributed by atoms with Crippen LogP contribution < -0.4 is 5.73 Å². The monoisotopic (exact) mass is 261 g/mol. The number of hydrogen-bond acceptors (Lipinski definition) is 1. The molecule has 0 aromatic heterocycles. The quantitative estimate of drug-likeness (QED) is 0.768. The normalized spacial score (nSPS) is 9.64. The van der Waals surface area contributed by atoms with Gasteiger partial charge in [-0.2, -0.15) is 0 Å². The summed E-state index contributed by atoms with van der Waals surface area (Å²) in [5.74, 6) is -0.354. The lowest BCUT2D eigenvalue weighted by Gasteiger charge is -2.02. The highest BCUT2D eigenvalue weighted by Crippen LogP contribution is 2.14. The van der Waals surface area contributed by atoms with Crippen LogP contribution in [0.25, 0.3) is 0 Å². The fourth-order valence-corrected chi connectivity index (χ4v) is 1.84. The first-order valence-corrected chi connectivity index (χ1v) is 4.25. The molecular weight excluding hydrogens is 253 g/mol. The first-order chi connectivity index (χ1) is 5.13. The molecule has 2 N–H and O–H groups in total. The molecule has 0 aliphatic rings. The van der Waals surface area contributed by atoms with E-state index >= 15 is 0 Å². The van der Waals surface area contributed by atoms with Crippen LogP contribution in [-0.2, 0) is 0 Å². The van der Waals surface area contributed by atoms with E-state index in [0.29, 0.717) is 5.56 Å². The second-order valence-corrected chi connectivity index (χ2v) is 3.46. The van der Waals surface area contributed by atoms with Crippen LogP contribution in [0, 0.1) is 10.5 Å². The average molecular weight is 261 g/mol. The van der Waals surface area contributed by atoms with Gasteiger partial charge in [-0.05, 0) is 41.1 Å². The minimum Gasteiger partial charge on any atom is -0.366 e. The maximum absolute atomic E-state index is 10.9. The van der Waals surface area contributed by atoms with E-state index in [-0.39, 0.29) is 5.91 Å². The van der Waals surface area contributed by atoms with E-state index in [1.165, 1.54) is 0 Å². The summed E-state index contributed by atoms with van der Waals surface area (Å²) in [6.45, 7) is 1.88. The summed E-state index contributed by atoms with van der Waals surface area (Å²) in [6.07, 6.45) is 0. The number of benzene rings is 1. The van der Waals surface area contributed by atoms with Crippen LogP contribution in [0.1, 0.15) is 15.9 Å². The SMILES string of the molecule is Cc1cccc(I)c1C(N)=O. The maximum Gasteiger partial charge on any atom is 0.250 e. The van der Waals surface area contributed by atoms with E-state index < -0.39 is 0 Å². The van der Waals surface area contributed by atoms with Crippen molar-refractivity contribution in [1.82, 2.24) is 0 Å². The topological polar surface area (TPSA) is 43.1 Å². The summed E-state index contributed by atoms with van der Waals surface area (Å²) in [7, 11) is 0. The number of amides is 1. The number of halogens is 1. The Kier molecular flexibility index (Phi) is 2.49. The molecule has 1 aromatic carbocycles. The van der Waals surface area contributed by atoms with Gasteiger partial charge in [0.2, 0.25) is 5.91 Å². The van der Waals surface area contributed by atoms with Gasteiger partial charge >= 0.3 is 0 Å². The average Bonchev–Trinajstić information content (AvgIpc) is 1.85. The predicted octanol–water partition coefficient (Wildman–Crippen LogP) is 1.70. The lowest BCUT2D eigenvalue weighted by molar-refractivity contribution is 0.0999. The van der Waals surface area contributed by atoms with Gasteiger partial charge < -0.3 is 5.73 Å². The van der Waals surface area contributed by atoms with Gasteiger partial charge in [0.1, 0.15) is 0 Å². The standard InChI is InChI=1S/C8H8INO/c1-5-3-2-4-6(9)7(5)8(10)11/h2-4H,1H3,(H2,10,11). The third-order valence-corrected chi connectivity index (χ3v) is 2.37. The summed E-state index contributed by atoms with van der Waals surface area (Å²) < 4.78 is 0.912. The second-order valence-electron chi connectivity index (χ2n) is 2.30. The number of carbonyl (C=O) groups is 1. The summed E-state index contributed by atoms with van der Waals surface area (Å²) in [5.41, 5.74) is 6.74. The Morgan fingerprint density at radius 3 is 2.55 bits per heavy atom. The Labute approximate surface area is 78.9 Å². The highest BCUT2D eigenvalue weighted by Gasteiger charge is 2.07. The molecule has 58 valence electrons. The molecule has 0 heterocycles. The van der Waals surface area contributed by atoms with Gasteiger partial charge in [-0.15, -0.1) is 0 Å². The third-order valence-electron chi connectivity index (χ3n) is 1.47. The van der Waals surface area contributed by atoms with Crippen molar-refractivity contribution in [1.29, 1.82) is 0 Å². The molecule has 1 aromatic rings. The number of primary amides is 1. The van der Waals surface area contributed by atoms with E-state index in [0.717, 1.165) is 9.13 Å². The van der Waals surface area contributed by atoms with Crippen molar-refractivity contribution in [2.45, 2.75) is 6.92 Å². The van der Waals surface area contributed by atoms with Gasteiger partial charge in [-0.25, -0.2) is 0 Å². The Hall–Kier alpha value is -0.580. The van der Waals surface area contributed by atoms with E-state index in [2.05, 4.69) is 22.6 Å². The van der Waals surface area contributed by atoms with E-state index in [1.54, 1.807) is 0 Å².